The predicted octanol–water partition coefficient (Wildman–Crippen LogP) is 9.00. The Hall–Kier alpha value is -3.94. The summed E-state index contributed by atoms with van der Waals surface area (Å²) in [6.45, 7) is 0. The van der Waals surface area contributed by atoms with Crippen molar-refractivity contribution in [2.75, 3.05) is 0 Å². The molecule has 0 saturated heterocycles. The Morgan fingerprint density at radius 2 is 0.784 bits per heavy atom. The molecule has 0 atom stereocenters. The van der Waals surface area contributed by atoms with E-state index >= 15 is 0 Å². The number of benzene rings is 4. The largest absolute Gasteiger partial charge is 2.00 e. The Morgan fingerprint density at radius 3 is 1.22 bits per heavy atom. The molecular weight excluding hydrogens is 528 g/mol. The number of fused-ring (bicyclic) bond motifs is 4. The van der Waals surface area contributed by atoms with Gasteiger partial charge >= 0.3 is 26.2 Å². The monoisotopic (exact) mass is 550 g/mol. The molecule has 0 amide bonds. The van der Waals surface area contributed by atoms with Gasteiger partial charge in [0.05, 0.1) is 11.0 Å². The molecule has 0 aliphatic carbocycles. The van der Waals surface area contributed by atoms with Crippen LogP contribution < -0.4 is 0 Å². The fraction of sp³-hybridized carbons (Fsp3) is 0. The molecule has 6 aromatic carbocycles. The van der Waals surface area contributed by atoms with Gasteiger partial charge in [0.25, 0.3) is 0 Å². The number of hydrogen-bond donors (Lipinski definition) is 0. The molecule has 0 spiro atoms. The molecule has 8 aromatic rings. The normalized spacial score (nSPS) is 11.0. The van der Waals surface area contributed by atoms with Gasteiger partial charge in [-0.25, -0.2) is 0 Å². The summed E-state index contributed by atoms with van der Waals surface area (Å²) in [5.74, 6) is 0. The van der Waals surface area contributed by atoms with Crippen LogP contribution in [0.3, 0.4) is 0 Å². The minimum atomic E-state index is 0. The van der Waals surface area contributed by atoms with Crippen molar-refractivity contribution in [2.45, 2.75) is 0 Å². The molecule has 37 heavy (non-hydrogen) atoms. The summed E-state index contributed by atoms with van der Waals surface area (Å²) < 4.78 is 4.49. The van der Waals surface area contributed by atoms with Crippen molar-refractivity contribution < 1.29 is 26.2 Å². The Balaban J connectivity index is 0.000000133. The Kier molecular flexibility index (Phi) is 6.24. The van der Waals surface area contributed by atoms with Gasteiger partial charge in [0.2, 0.25) is 0 Å². The smallest absolute Gasteiger partial charge is 0.335 e. The first kappa shape index (κ1) is 23.5. The summed E-state index contributed by atoms with van der Waals surface area (Å²) in [4.78, 5) is 0. The van der Waals surface area contributed by atoms with Gasteiger partial charge in [-0.05, 0) is 46.4 Å². The number of nitrogens with zero attached hydrogens (tertiary/aromatic N) is 2. The zero-order chi connectivity index (χ0) is 23.9. The SMILES string of the molecule is [Zr+2].c1ccc2[cH-]c(-n3ccc4ccccc43)cc2c1.c1ccc2[cH-]c(-n3ccc4ccccc43)cc2c1. The van der Waals surface area contributed by atoms with Gasteiger partial charge in [-0.15, -0.1) is 82.2 Å². The van der Waals surface area contributed by atoms with E-state index in [9.17, 15) is 0 Å². The molecule has 0 aliphatic heterocycles. The number of aromatic nitrogens is 2. The molecule has 0 saturated carbocycles. The van der Waals surface area contributed by atoms with Crippen molar-refractivity contribution >= 4 is 43.4 Å². The second-order valence-corrected chi connectivity index (χ2v) is 9.17. The molecule has 0 N–H and O–H groups in total. The van der Waals surface area contributed by atoms with Crippen molar-refractivity contribution in [3.63, 3.8) is 0 Å². The van der Waals surface area contributed by atoms with E-state index in [1.165, 1.54) is 54.7 Å². The maximum Gasteiger partial charge on any atom is 2.00 e. The van der Waals surface area contributed by atoms with Crippen molar-refractivity contribution in [1.29, 1.82) is 0 Å². The number of rotatable bonds is 2. The quantitative estimate of drug-likeness (QED) is 0.190. The minimum absolute atomic E-state index is 0. The number of para-hydroxylation sites is 2. The van der Waals surface area contributed by atoms with Crippen LogP contribution in [0.5, 0.6) is 0 Å². The number of hydrogen-bond acceptors (Lipinski definition) is 0. The first-order valence-corrected chi connectivity index (χ1v) is 12.3. The van der Waals surface area contributed by atoms with Gasteiger partial charge in [-0.2, -0.15) is 0 Å². The first-order valence-electron chi connectivity index (χ1n) is 12.3. The molecule has 2 heterocycles. The molecular formula is C34H24N2Zr. The Labute approximate surface area is 234 Å². The predicted molar refractivity (Wildman–Crippen MR) is 153 cm³/mol. The molecule has 0 radical (unpaired) electrons. The zero-order valence-electron chi connectivity index (χ0n) is 20.3. The second kappa shape index (κ2) is 9.84. The van der Waals surface area contributed by atoms with Crippen molar-refractivity contribution in [3.8, 4) is 11.4 Å². The van der Waals surface area contributed by atoms with Gasteiger partial charge in [-0.1, -0.05) is 48.5 Å². The van der Waals surface area contributed by atoms with Gasteiger partial charge < -0.3 is 9.13 Å². The fourth-order valence-corrected chi connectivity index (χ4v) is 5.16. The molecule has 0 fully saturated rings. The van der Waals surface area contributed by atoms with Gasteiger partial charge in [0.1, 0.15) is 0 Å². The third-order valence-electron chi connectivity index (χ3n) is 6.96. The van der Waals surface area contributed by atoms with E-state index in [0.717, 1.165) is 0 Å². The van der Waals surface area contributed by atoms with Crippen LogP contribution in [-0.4, -0.2) is 9.13 Å². The molecule has 3 heteroatoms. The molecule has 2 aromatic heterocycles. The van der Waals surface area contributed by atoms with E-state index in [0.29, 0.717) is 0 Å². The standard InChI is InChI=1S/2C17H12N.Zr/c2*1-2-7-15-12-16(11-14(15)6-1)18-10-9-13-5-3-4-8-17(13)18;/h2*1-12H;/q2*-1;+2. The van der Waals surface area contributed by atoms with Gasteiger partial charge in [0, 0.05) is 12.4 Å². The van der Waals surface area contributed by atoms with Crippen LogP contribution in [0.15, 0.2) is 146 Å². The second-order valence-electron chi connectivity index (χ2n) is 9.17. The van der Waals surface area contributed by atoms with E-state index in [1.807, 2.05) is 0 Å². The summed E-state index contributed by atoms with van der Waals surface area (Å²) >= 11 is 0. The van der Waals surface area contributed by atoms with Crippen LogP contribution >= 0.6 is 0 Å². The summed E-state index contributed by atoms with van der Waals surface area (Å²) in [5.41, 5.74) is 4.98. The van der Waals surface area contributed by atoms with E-state index in [2.05, 4.69) is 155 Å². The van der Waals surface area contributed by atoms with E-state index in [-0.39, 0.29) is 26.2 Å². The summed E-state index contributed by atoms with van der Waals surface area (Å²) in [6, 6.07) is 47.2. The molecule has 0 unspecified atom stereocenters. The van der Waals surface area contributed by atoms with E-state index < -0.39 is 0 Å². The van der Waals surface area contributed by atoms with Crippen molar-refractivity contribution in [3.05, 3.63) is 146 Å². The van der Waals surface area contributed by atoms with Crippen LogP contribution in [-0.2, 0) is 26.2 Å². The third kappa shape index (κ3) is 4.30. The van der Waals surface area contributed by atoms with Gasteiger partial charge in [-0.3, -0.25) is 0 Å². The summed E-state index contributed by atoms with van der Waals surface area (Å²) in [7, 11) is 0. The molecule has 174 valence electrons. The minimum Gasteiger partial charge on any atom is -0.335 e. The van der Waals surface area contributed by atoms with Crippen LogP contribution in [0.25, 0.3) is 54.7 Å². The van der Waals surface area contributed by atoms with Crippen molar-refractivity contribution in [1.82, 2.24) is 9.13 Å². The van der Waals surface area contributed by atoms with E-state index in [4.69, 9.17) is 0 Å². The third-order valence-corrected chi connectivity index (χ3v) is 6.96. The van der Waals surface area contributed by atoms with Crippen LogP contribution in [0.4, 0.5) is 0 Å². The molecule has 8 rings (SSSR count). The van der Waals surface area contributed by atoms with E-state index in [1.54, 1.807) is 0 Å². The maximum absolute atomic E-state index is 2.25. The van der Waals surface area contributed by atoms with Crippen LogP contribution in [0.2, 0.25) is 0 Å². The molecule has 2 nitrogen and oxygen atoms in total. The van der Waals surface area contributed by atoms with Gasteiger partial charge in [0.15, 0.2) is 0 Å². The molecule has 0 aliphatic rings. The Morgan fingerprint density at radius 1 is 0.405 bits per heavy atom. The van der Waals surface area contributed by atoms with Crippen LogP contribution in [0.1, 0.15) is 0 Å². The summed E-state index contributed by atoms with van der Waals surface area (Å²) in [6.07, 6.45) is 4.28. The average Bonchev–Trinajstić information content (AvgIpc) is 3.71. The fourth-order valence-electron chi connectivity index (χ4n) is 5.16. The van der Waals surface area contributed by atoms with Crippen molar-refractivity contribution in [2.24, 2.45) is 0 Å². The maximum atomic E-state index is 2.25. The zero-order valence-corrected chi connectivity index (χ0v) is 22.7. The molecule has 0 bridgehead atoms. The first-order chi connectivity index (χ1) is 17.8. The Bertz CT molecular complexity index is 1750. The topological polar surface area (TPSA) is 9.86 Å². The summed E-state index contributed by atoms with van der Waals surface area (Å²) in [5, 5.41) is 7.75. The average molecular weight is 552 g/mol. The van der Waals surface area contributed by atoms with Crippen LogP contribution in [0, 0.1) is 0 Å².